The molecule has 2 aromatic rings. The zero-order valence-electron chi connectivity index (χ0n) is 12.2. The predicted octanol–water partition coefficient (Wildman–Crippen LogP) is 2.92. The molecule has 3 unspecified atom stereocenters. The fourth-order valence-corrected chi connectivity index (χ4v) is 3.13. The molecule has 20 heavy (non-hydrogen) atoms. The van der Waals surface area contributed by atoms with E-state index in [9.17, 15) is 5.11 Å². The Morgan fingerprint density at radius 3 is 2.80 bits per heavy atom. The van der Waals surface area contributed by atoms with Gasteiger partial charge in [0.25, 0.3) is 0 Å². The van der Waals surface area contributed by atoms with E-state index in [0.29, 0.717) is 18.3 Å². The third-order valence-electron chi connectivity index (χ3n) is 4.27. The number of aliphatic hydroxyl groups is 1. The molecule has 1 aliphatic carbocycles. The average molecular weight is 270 g/mol. The van der Waals surface area contributed by atoms with E-state index in [1.54, 1.807) is 0 Å². The highest BCUT2D eigenvalue weighted by Crippen LogP contribution is 2.49. The fourth-order valence-electron chi connectivity index (χ4n) is 3.13. The lowest BCUT2D eigenvalue weighted by Crippen LogP contribution is -2.17. The molecule has 0 spiro atoms. The molecule has 3 nitrogen and oxygen atoms in total. The summed E-state index contributed by atoms with van der Waals surface area (Å²) >= 11 is 0. The van der Waals surface area contributed by atoms with Gasteiger partial charge in [-0.25, -0.2) is 0 Å². The smallest absolute Gasteiger partial charge is 0.0629 e. The Morgan fingerprint density at radius 1 is 1.35 bits per heavy atom. The van der Waals surface area contributed by atoms with E-state index in [0.717, 1.165) is 24.4 Å². The van der Waals surface area contributed by atoms with Crippen molar-refractivity contribution >= 4 is 0 Å². The Hall–Kier alpha value is -1.61. The van der Waals surface area contributed by atoms with Crippen LogP contribution in [-0.4, -0.2) is 21.0 Å². The Morgan fingerprint density at radius 2 is 2.10 bits per heavy atom. The highest BCUT2D eigenvalue weighted by molar-refractivity contribution is 5.26. The second-order valence-corrected chi connectivity index (χ2v) is 5.78. The first-order chi connectivity index (χ1) is 9.69. The van der Waals surface area contributed by atoms with Crippen molar-refractivity contribution in [2.24, 2.45) is 5.92 Å². The molecular formula is C17H22N2O. The highest BCUT2D eigenvalue weighted by atomic mass is 16.3. The summed E-state index contributed by atoms with van der Waals surface area (Å²) in [4.78, 5) is 0. The second kappa shape index (κ2) is 5.41. The Balaban J connectivity index is 1.65. The van der Waals surface area contributed by atoms with Crippen LogP contribution in [0.1, 0.15) is 36.2 Å². The Bertz CT molecular complexity index is 576. The largest absolute Gasteiger partial charge is 0.392 e. The Labute approximate surface area is 120 Å². The first kappa shape index (κ1) is 13.4. The summed E-state index contributed by atoms with van der Waals surface area (Å²) in [6, 6.07) is 12.6. The van der Waals surface area contributed by atoms with Gasteiger partial charge in [0.1, 0.15) is 0 Å². The minimum absolute atomic E-state index is 0.262. The topological polar surface area (TPSA) is 38.0 Å². The van der Waals surface area contributed by atoms with Gasteiger partial charge in [0.15, 0.2) is 0 Å². The summed E-state index contributed by atoms with van der Waals surface area (Å²) in [5.74, 6) is 0.934. The molecule has 0 aliphatic heterocycles. The van der Waals surface area contributed by atoms with Crippen molar-refractivity contribution in [3.8, 4) is 0 Å². The maximum absolute atomic E-state index is 10.5. The summed E-state index contributed by atoms with van der Waals surface area (Å²) in [5, 5.41) is 14.9. The van der Waals surface area contributed by atoms with E-state index in [2.05, 4.69) is 42.4 Å². The van der Waals surface area contributed by atoms with Crippen molar-refractivity contribution in [1.82, 2.24) is 9.78 Å². The van der Waals surface area contributed by atoms with Gasteiger partial charge in [0.2, 0.25) is 0 Å². The van der Waals surface area contributed by atoms with E-state index in [4.69, 9.17) is 0 Å². The standard InChI is InChI=1S/C17H22N2O/c1-3-19-14(9-12(2)18-19)10-17(20)16-11-15(16)13-7-5-4-6-8-13/h4-9,15-17,20H,3,10-11H2,1-2H3. The van der Waals surface area contributed by atoms with Gasteiger partial charge >= 0.3 is 0 Å². The summed E-state index contributed by atoms with van der Waals surface area (Å²) < 4.78 is 2.00. The molecule has 3 atom stereocenters. The van der Waals surface area contributed by atoms with Crippen molar-refractivity contribution in [3.63, 3.8) is 0 Å². The van der Waals surface area contributed by atoms with Crippen molar-refractivity contribution in [1.29, 1.82) is 0 Å². The zero-order valence-corrected chi connectivity index (χ0v) is 12.2. The van der Waals surface area contributed by atoms with Crippen molar-refractivity contribution in [3.05, 3.63) is 53.3 Å². The number of benzene rings is 1. The van der Waals surface area contributed by atoms with Crippen LogP contribution >= 0.6 is 0 Å². The third-order valence-corrected chi connectivity index (χ3v) is 4.27. The highest BCUT2D eigenvalue weighted by Gasteiger charge is 2.43. The maximum Gasteiger partial charge on any atom is 0.0629 e. The summed E-state index contributed by atoms with van der Waals surface area (Å²) in [6.45, 7) is 4.96. The van der Waals surface area contributed by atoms with Crippen LogP contribution in [0.4, 0.5) is 0 Å². The summed E-state index contributed by atoms with van der Waals surface area (Å²) in [5.41, 5.74) is 3.54. The van der Waals surface area contributed by atoms with Crippen LogP contribution in [0.2, 0.25) is 0 Å². The van der Waals surface area contributed by atoms with Crippen LogP contribution in [0.3, 0.4) is 0 Å². The SMILES string of the molecule is CCn1nc(C)cc1CC(O)C1CC1c1ccccc1. The van der Waals surface area contributed by atoms with E-state index in [1.807, 2.05) is 17.7 Å². The first-order valence-electron chi connectivity index (χ1n) is 7.45. The minimum atomic E-state index is -0.262. The lowest BCUT2D eigenvalue weighted by molar-refractivity contribution is 0.146. The molecule has 3 rings (SSSR count). The third kappa shape index (κ3) is 2.63. The molecule has 1 heterocycles. The molecule has 1 fully saturated rings. The second-order valence-electron chi connectivity index (χ2n) is 5.78. The number of aryl methyl sites for hydroxylation is 2. The molecule has 0 saturated heterocycles. The number of aromatic nitrogens is 2. The molecule has 1 N–H and O–H groups in total. The summed E-state index contributed by atoms with van der Waals surface area (Å²) in [6.07, 6.45) is 1.55. The van der Waals surface area contributed by atoms with Crippen LogP contribution in [0.25, 0.3) is 0 Å². The van der Waals surface area contributed by atoms with Gasteiger partial charge in [-0.05, 0) is 43.7 Å². The summed E-state index contributed by atoms with van der Waals surface area (Å²) in [7, 11) is 0. The molecule has 3 heteroatoms. The number of nitrogens with zero attached hydrogens (tertiary/aromatic N) is 2. The molecule has 0 bridgehead atoms. The van der Waals surface area contributed by atoms with E-state index < -0.39 is 0 Å². The number of hydrogen-bond acceptors (Lipinski definition) is 2. The van der Waals surface area contributed by atoms with Crippen LogP contribution < -0.4 is 0 Å². The number of hydrogen-bond donors (Lipinski definition) is 1. The van der Waals surface area contributed by atoms with E-state index >= 15 is 0 Å². The van der Waals surface area contributed by atoms with Crippen LogP contribution in [0, 0.1) is 12.8 Å². The lowest BCUT2D eigenvalue weighted by atomic mass is 10.0. The Kier molecular flexibility index (Phi) is 3.62. The quantitative estimate of drug-likeness (QED) is 0.907. The molecule has 1 saturated carbocycles. The van der Waals surface area contributed by atoms with Gasteiger partial charge in [0, 0.05) is 18.7 Å². The van der Waals surface area contributed by atoms with Crippen molar-refractivity contribution in [2.45, 2.75) is 45.3 Å². The maximum atomic E-state index is 10.5. The van der Waals surface area contributed by atoms with E-state index in [1.165, 1.54) is 5.56 Å². The zero-order chi connectivity index (χ0) is 14.1. The van der Waals surface area contributed by atoms with Crippen molar-refractivity contribution in [2.75, 3.05) is 0 Å². The number of rotatable bonds is 5. The molecule has 1 aromatic carbocycles. The van der Waals surface area contributed by atoms with Gasteiger partial charge in [-0.1, -0.05) is 30.3 Å². The van der Waals surface area contributed by atoms with Crippen LogP contribution in [-0.2, 0) is 13.0 Å². The van der Waals surface area contributed by atoms with Gasteiger partial charge in [-0.3, -0.25) is 4.68 Å². The van der Waals surface area contributed by atoms with Crippen molar-refractivity contribution < 1.29 is 5.11 Å². The van der Waals surface area contributed by atoms with Gasteiger partial charge in [0.05, 0.1) is 11.8 Å². The number of aliphatic hydroxyl groups excluding tert-OH is 1. The van der Waals surface area contributed by atoms with Crippen LogP contribution in [0.15, 0.2) is 36.4 Å². The van der Waals surface area contributed by atoms with Gasteiger partial charge in [-0.15, -0.1) is 0 Å². The molecule has 0 radical (unpaired) electrons. The normalized spacial score (nSPS) is 22.8. The first-order valence-corrected chi connectivity index (χ1v) is 7.45. The molecule has 106 valence electrons. The molecule has 0 amide bonds. The minimum Gasteiger partial charge on any atom is -0.392 e. The van der Waals surface area contributed by atoms with Gasteiger partial charge in [-0.2, -0.15) is 5.10 Å². The molecular weight excluding hydrogens is 248 g/mol. The van der Waals surface area contributed by atoms with Crippen LogP contribution in [0.5, 0.6) is 0 Å². The monoisotopic (exact) mass is 270 g/mol. The van der Waals surface area contributed by atoms with E-state index in [-0.39, 0.29) is 6.10 Å². The fraction of sp³-hybridized carbons (Fsp3) is 0.471. The molecule has 1 aromatic heterocycles. The lowest BCUT2D eigenvalue weighted by Gasteiger charge is -2.11. The predicted molar refractivity (Wildman–Crippen MR) is 79.6 cm³/mol. The average Bonchev–Trinajstić information content (AvgIpc) is 3.18. The van der Waals surface area contributed by atoms with Gasteiger partial charge < -0.3 is 5.11 Å². The molecule has 1 aliphatic rings.